The van der Waals surface area contributed by atoms with E-state index in [4.69, 9.17) is 4.74 Å². The van der Waals surface area contributed by atoms with Crippen LogP contribution in [0, 0.1) is 5.92 Å². The lowest BCUT2D eigenvalue weighted by Gasteiger charge is -2.28. The Morgan fingerprint density at radius 3 is 2.71 bits per heavy atom. The maximum Gasteiger partial charge on any atom is 0.326 e. The topological polar surface area (TPSA) is 41.6 Å². The summed E-state index contributed by atoms with van der Waals surface area (Å²) >= 11 is 0. The van der Waals surface area contributed by atoms with Crippen molar-refractivity contribution < 1.29 is 9.53 Å². The minimum absolute atomic E-state index is 0.109. The summed E-state index contributed by atoms with van der Waals surface area (Å²) in [4.78, 5) is 14.3. The Hall–Kier alpha value is -0.610. The maximum atomic E-state index is 11.9. The zero-order valence-electron chi connectivity index (χ0n) is 11.2. The van der Waals surface area contributed by atoms with Gasteiger partial charge in [-0.05, 0) is 52.1 Å². The normalized spacial score (nSPS) is 33.1. The Morgan fingerprint density at radius 2 is 2.18 bits per heavy atom. The van der Waals surface area contributed by atoms with E-state index in [-0.39, 0.29) is 5.97 Å². The number of nitrogens with zero attached hydrogens (tertiary/aromatic N) is 1. The molecule has 2 atom stereocenters. The van der Waals surface area contributed by atoms with Gasteiger partial charge in [-0.1, -0.05) is 0 Å². The van der Waals surface area contributed by atoms with Crippen molar-refractivity contribution in [2.24, 2.45) is 5.92 Å². The van der Waals surface area contributed by atoms with E-state index >= 15 is 0 Å². The van der Waals surface area contributed by atoms with Crippen molar-refractivity contribution in [3.8, 4) is 0 Å². The quantitative estimate of drug-likeness (QED) is 0.728. The second-order valence-corrected chi connectivity index (χ2v) is 5.60. The molecular formula is C13H24N2O2. The van der Waals surface area contributed by atoms with E-state index in [2.05, 4.69) is 17.3 Å². The molecule has 2 saturated carbocycles. The Bertz CT molecular complexity index is 291. The third-order valence-corrected chi connectivity index (χ3v) is 4.41. The molecule has 0 saturated heterocycles. The number of hydrogen-bond acceptors (Lipinski definition) is 4. The monoisotopic (exact) mass is 240 g/mol. The minimum atomic E-state index is -0.447. The molecule has 0 amide bonds. The van der Waals surface area contributed by atoms with Crippen LogP contribution < -0.4 is 5.32 Å². The number of likely N-dealkylation sites (N-methyl/N-ethyl adjacent to an activating group) is 1. The molecular weight excluding hydrogens is 216 g/mol. The van der Waals surface area contributed by atoms with Gasteiger partial charge in [-0.2, -0.15) is 0 Å². The van der Waals surface area contributed by atoms with Crippen molar-refractivity contribution in [1.82, 2.24) is 10.2 Å². The molecule has 2 fully saturated rings. The molecule has 1 N–H and O–H groups in total. The molecule has 2 unspecified atom stereocenters. The first kappa shape index (κ1) is 12.8. The van der Waals surface area contributed by atoms with Gasteiger partial charge in [-0.15, -0.1) is 0 Å². The van der Waals surface area contributed by atoms with E-state index in [0.717, 1.165) is 25.2 Å². The van der Waals surface area contributed by atoms with Gasteiger partial charge in [0.1, 0.15) is 5.54 Å². The summed E-state index contributed by atoms with van der Waals surface area (Å²) in [7, 11) is 5.52. The zero-order chi connectivity index (χ0) is 12.5. The van der Waals surface area contributed by atoms with Crippen LogP contribution in [0.1, 0.15) is 32.1 Å². The smallest absolute Gasteiger partial charge is 0.326 e. The second-order valence-electron chi connectivity index (χ2n) is 5.60. The number of nitrogens with one attached hydrogen (secondary N) is 1. The summed E-state index contributed by atoms with van der Waals surface area (Å²) in [6.45, 7) is 1.19. The molecule has 0 spiro atoms. The van der Waals surface area contributed by atoms with Gasteiger partial charge in [0.05, 0.1) is 7.11 Å². The average Bonchev–Trinajstić information content (AvgIpc) is 3.04. The lowest BCUT2D eigenvalue weighted by molar-refractivity contribution is -0.148. The molecule has 2 rings (SSSR count). The van der Waals surface area contributed by atoms with E-state index in [1.54, 1.807) is 0 Å². The van der Waals surface area contributed by atoms with Gasteiger partial charge in [-0.3, -0.25) is 4.79 Å². The van der Waals surface area contributed by atoms with E-state index < -0.39 is 5.54 Å². The van der Waals surface area contributed by atoms with Gasteiger partial charge in [0.25, 0.3) is 0 Å². The highest BCUT2D eigenvalue weighted by Crippen LogP contribution is 2.36. The van der Waals surface area contributed by atoms with E-state index in [1.165, 1.54) is 26.5 Å². The Balaban J connectivity index is 1.93. The predicted molar refractivity (Wildman–Crippen MR) is 66.8 cm³/mol. The molecule has 17 heavy (non-hydrogen) atoms. The molecule has 0 heterocycles. The van der Waals surface area contributed by atoms with Crippen LogP contribution in [0.25, 0.3) is 0 Å². The fraction of sp³-hybridized carbons (Fsp3) is 0.923. The second kappa shape index (κ2) is 4.94. The first-order chi connectivity index (χ1) is 8.11. The largest absolute Gasteiger partial charge is 0.468 e. The fourth-order valence-corrected chi connectivity index (χ4v) is 2.96. The molecule has 2 aliphatic carbocycles. The zero-order valence-corrected chi connectivity index (χ0v) is 11.2. The summed E-state index contributed by atoms with van der Waals surface area (Å²) in [5, 5.41) is 3.18. The van der Waals surface area contributed by atoms with Gasteiger partial charge in [-0.25, -0.2) is 0 Å². The molecule has 0 aromatic rings. The molecule has 4 nitrogen and oxygen atoms in total. The summed E-state index contributed by atoms with van der Waals surface area (Å²) in [5.74, 6) is 0.796. The molecule has 0 aromatic carbocycles. The summed E-state index contributed by atoms with van der Waals surface area (Å²) in [6, 6.07) is 0.516. The van der Waals surface area contributed by atoms with Crippen LogP contribution in [0.3, 0.4) is 0 Å². The van der Waals surface area contributed by atoms with E-state index in [9.17, 15) is 4.79 Å². The van der Waals surface area contributed by atoms with Gasteiger partial charge in [0, 0.05) is 12.6 Å². The van der Waals surface area contributed by atoms with E-state index in [1.807, 2.05) is 7.05 Å². The van der Waals surface area contributed by atoms with Crippen LogP contribution in [-0.2, 0) is 9.53 Å². The summed E-state index contributed by atoms with van der Waals surface area (Å²) < 4.78 is 4.93. The number of rotatable bonds is 5. The van der Waals surface area contributed by atoms with Gasteiger partial charge < -0.3 is 15.0 Å². The highest BCUT2D eigenvalue weighted by Gasteiger charge is 2.46. The first-order valence-corrected chi connectivity index (χ1v) is 6.59. The summed E-state index contributed by atoms with van der Waals surface area (Å²) in [5.41, 5.74) is -0.447. The van der Waals surface area contributed by atoms with Gasteiger partial charge in [0.15, 0.2) is 0 Å². The Labute approximate surface area is 104 Å². The van der Waals surface area contributed by atoms with Crippen LogP contribution in [0.4, 0.5) is 0 Å². The molecule has 2 aliphatic rings. The predicted octanol–water partition coefficient (Wildman–Crippen LogP) is 1.01. The minimum Gasteiger partial charge on any atom is -0.468 e. The fourth-order valence-electron chi connectivity index (χ4n) is 2.96. The Kier molecular flexibility index (Phi) is 3.73. The number of carbonyl (C=O) groups excluding carboxylic acids is 1. The number of carbonyl (C=O) groups is 1. The van der Waals surface area contributed by atoms with Crippen LogP contribution >= 0.6 is 0 Å². The van der Waals surface area contributed by atoms with Crippen molar-refractivity contribution in [2.45, 2.75) is 43.7 Å². The van der Waals surface area contributed by atoms with Crippen molar-refractivity contribution in [3.63, 3.8) is 0 Å². The number of methoxy groups -OCH3 is 1. The average molecular weight is 240 g/mol. The van der Waals surface area contributed by atoms with Crippen molar-refractivity contribution in [2.75, 3.05) is 27.7 Å². The molecule has 0 bridgehead atoms. The first-order valence-electron chi connectivity index (χ1n) is 6.59. The molecule has 98 valence electrons. The van der Waals surface area contributed by atoms with Gasteiger partial charge in [0.2, 0.25) is 0 Å². The molecule has 0 aliphatic heterocycles. The highest BCUT2D eigenvalue weighted by atomic mass is 16.5. The van der Waals surface area contributed by atoms with Crippen molar-refractivity contribution in [3.05, 3.63) is 0 Å². The SMILES string of the molecule is CNC1(C(=O)OC)CCC(N(C)CC2CC2)C1. The number of esters is 1. The van der Waals surface area contributed by atoms with Crippen molar-refractivity contribution >= 4 is 5.97 Å². The standard InChI is InChI=1S/C13H24N2O2/c1-14-13(12(16)17-3)7-6-11(8-13)15(2)9-10-4-5-10/h10-11,14H,4-9H2,1-3H3. The van der Waals surface area contributed by atoms with Gasteiger partial charge >= 0.3 is 5.97 Å². The lowest BCUT2D eigenvalue weighted by Crippen LogP contribution is -2.50. The number of ether oxygens (including phenoxy) is 1. The van der Waals surface area contributed by atoms with Crippen molar-refractivity contribution in [1.29, 1.82) is 0 Å². The molecule has 4 heteroatoms. The van der Waals surface area contributed by atoms with Crippen LogP contribution in [-0.4, -0.2) is 50.2 Å². The third-order valence-electron chi connectivity index (χ3n) is 4.41. The van der Waals surface area contributed by atoms with Crippen LogP contribution in [0.15, 0.2) is 0 Å². The van der Waals surface area contributed by atoms with E-state index in [0.29, 0.717) is 6.04 Å². The molecule has 0 aromatic heterocycles. The number of hydrogen-bond donors (Lipinski definition) is 1. The van der Waals surface area contributed by atoms with Crippen LogP contribution in [0.2, 0.25) is 0 Å². The third kappa shape index (κ3) is 2.63. The lowest BCUT2D eigenvalue weighted by atomic mass is 9.97. The van der Waals surface area contributed by atoms with Crippen LogP contribution in [0.5, 0.6) is 0 Å². The highest BCUT2D eigenvalue weighted by molar-refractivity contribution is 5.81. The maximum absolute atomic E-state index is 11.9. The Morgan fingerprint density at radius 1 is 1.47 bits per heavy atom. The summed E-state index contributed by atoms with van der Waals surface area (Å²) in [6.07, 6.45) is 5.60. The molecule has 0 radical (unpaired) electrons.